The molecule has 1 aromatic rings. The summed E-state index contributed by atoms with van der Waals surface area (Å²) in [5.74, 6) is -0.0603. The van der Waals surface area contributed by atoms with Crippen LogP contribution in [0.4, 0.5) is 0 Å². The van der Waals surface area contributed by atoms with Gasteiger partial charge in [0.1, 0.15) is 0 Å². The maximum absolute atomic E-state index is 11.3. The van der Waals surface area contributed by atoms with E-state index in [0.717, 1.165) is 5.56 Å². The molecule has 16 heavy (non-hydrogen) atoms. The third-order valence-corrected chi connectivity index (χ3v) is 2.19. The molecule has 0 aliphatic rings. The standard InChI is InChI=1S/C12H16N2O2/c1-10-2-4-11(5-3-10)8-14-12(16)6-7-13-9-15/h2-5,9H,6-8H2,1H3,(H,13,15)(H,14,16). The van der Waals surface area contributed by atoms with E-state index >= 15 is 0 Å². The highest BCUT2D eigenvalue weighted by Gasteiger charge is 2.00. The number of hydrogen-bond donors (Lipinski definition) is 2. The van der Waals surface area contributed by atoms with E-state index in [1.165, 1.54) is 5.56 Å². The summed E-state index contributed by atoms with van der Waals surface area (Å²) < 4.78 is 0. The first-order valence-electron chi connectivity index (χ1n) is 5.21. The van der Waals surface area contributed by atoms with Gasteiger partial charge >= 0.3 is 0 Å². The molecule has 0 radical (unpaired) electrons. The van der Waals surface area contributed by atoms with Crippen LogP contribution < -0.4 is 10.6 Å². The smallest absolute Gasteiger partial charge is 0.222 e. The molecule has 0 heterocycles. The Labute approximate surface area is 95.0 Å². The molecule has 0 aliphatic heterocycles. The molecule has 0 saturated heterocycles. The normalized spacial score (nSPS) is 9.56. The number of carbonyl (C=O) groups excluding carboxylic acids is 2. The van der Waals surface area contributed by atoms with E-state index in [1.807, 2.05) is 31.2 Å². The highest BCUT2D eigenvalue weighted by Crippen LogP contribution is 2.02. The minimum absolute atomic E-state index is 0.0603. The van der Waals surface area contributed by atoms with E-state index in [1.54, 1.807) is 0 Å². The molecule has 2 N–H and O–H groups in total. The van der Waals surface area contributed by atoms with Gasteiger partial charge in [-0.25, -0.2) is 0 Å². The quantitative estimate of drug-likeness (QED) is 0.549. The summed E-state index contributed by atoms with van der Waals surface area (Å²) in [7, 11) is 0. The number of benzene rings is 1. The Morgan fingerprint density at radius 3 is 2.62 bits per heavy atom. The van der Waals surface area contributed by atoms with Crippen molar-refractivity contribution < 1.29 is 9.59 Å². The van der Waals surface area contributed by atoms with E-state index in [2.05, 4.69) is 10.6 Å². The topological polar surface area (TPSA) is 58.2 Å². The van der Waals surface area contributed by atoms with Crippen molar-refractivity contribution >= 4 is 12.3 Å². The fraction of sp³-hybridized carbons (Fsp3) is 0.333. The molecule has 0 atom stereocenters. The Morgan fingerprint density at radius 1 is 1.31 bits per heavy atom. The molecule has 0 unspecified atom stereocenters. The first kappa shape index (κ1) is 12.2. The zero-order valence-corrected chi connectivity index (χ0v) is 9.32. The van der Waals surface area contributed by atoms with Gasteiger partial charge in [0.15, 0.2) is 0 Å². The number of hydrogen-bond acceptors (Lipinski definition) is 2. The molecule has 0 saturated carbocycles. The van der Waals surface area contributed by atoms with Crippen LogP contribution >= 0.6 is 0 Å². The first-order valence-corrected chi connectivity index (χ1v) is 5.21. The molecule has 0 spiro atoms. The molecular weight excluding hydrogens is 204 g/mol. The van der Waals surface area contributed by atoms with Gasteiger partial charge in [-0.05, 0) is 12.5 Å². The molecule has 86 valence electrons. The molecule has 0 fully saturated rings. The van der Waals surface area contributed by atoms with Gasteiger partial charge in [-0.3, -0.25) is 9.59 Å². The summed E-state index contributed by atoms with van der Waals surface area (Å²) in [5.41, 5.74) is 2.27. The Bertz CT molecular complexity index is 347. The van der Waals surface area contributed by atoms with Crippen molar-refractivity contribution in [2.45, 2.75) is 19.9 Å². The largest absolute Gasteiger partial charge is 0.358 e. The van der Waals surface area contributed by atoms with Gasteiger partial charge in [0.2, 0.25) is 12.3 Å². The van der Waals surface area contributed by atoms with Gasteiger partial charge < -0.3 is 10.6 Å². The lowest BCUT2D eigenvalue weighted by Gasteiger charge is -2.05. The average Bonchev–Trinajstić information content (AvgIpc) is 2.29. The van der Waals surface area contributed by atoms with Gasteiger partial charge in [-0.2, -0.15) is 0 Å². The van der Waals surface area contributed by atoms with Crippen LogP contribution in [0.25, 0.3) is 0 Å². The highest BCUT2D eigenvalue weighted by molar-refractivity contribution is 5.76. The molecular formula is C12H16N2O2. The van der Waals surface area contributed by atoms with Crippen LogP contribution in [0.5, 0.6) is 0 Å². The van der Waals surface area contributed by atoms with Gasteiger partial charge in [0.25, 0.3) is 0 Å². The predicted molar refractivity (Wildman–Crippen MR) is 61.7 cm³/mol. The molecule has 4 heteroatoms. The van der Waals surface area contributed by atoms with E-state index in [0.29, 0.717) is 25.9 Å². The Morgan fingerprint density at radius 2 is 2.00 bits per heavy atom. The summed E-state index contributed by atoms with van der Waals surface area (Å²) in [4.78, 5) is 21.2. The number of rotatable bonds is 6. The molecule has 4 nitrogen and oxygen atoms in total. The lowest BCUT2D eigenvalue weighted by atomic mass is 10.1. The third kappa shape index (κ3) is 4.59. The van der Waals surface area contributed by atoms with Crippen LogP contribution in [-0.2, 0) is 16.1 Å². The second-order valence-corrected chi connectivity index (χ2v) is 3.58. The minimum Gasteiger partial charge on any atom is -0.358 e. The van der Waals surface area contributed by atoms with Crippen molar-refractivity contribution in [3.8, 4) is 0 Å². The number of amides is 2. The first-order chi connectivity index (χ1) is 7.72. The van der Waals surface area contributed by atoms with Crippen molar-refractivity contribution in [1.82, 2.24) is 10.6 Å². The Hall–Kier alpha value is -1.84. The third-order valence-electron chi connectivity index (χ3n) is 2.19. The lowest BCUT2D eigenvalue weighted by molar-refractivity contribution is -0.121. The van der Waals surface area contributed by atoms with Crippen molar-refractivity contribution in [3.63, 3.8) is 0 Å². The van der Waals surface area contributed by atoms with Crippen molar-refractivity contribution in [2.75, 3.05) is 6.54 Å². The molecule has 1 rings (SSSR count). The minimum atomic E-state index is -0.0603. The van der Waals surface area contributed by atoms with E-state index in [-0.39, 0.29) is 5.91 Å². The van der Waals surface area contributed by atoms with Crippen molar-refractivity contribution in [1.29, 1.82) is 0 Å². The Balaban J connectivity index is 2.26. The average molecular weight is 220 g/mol. The van der Waals surface area contributed by atoms with Crippen LogP contribution in [0.15, 0.2) is 24.3 Å². The van der Waals surface area contributed by atoms with E-state index in [4.69, 9.17) is 0 Å². The van der Waals surface area contributed by atoms with Crippen LogP contribution in [-0.4, -0.2) is 18.9 Å². The fourth-order valence-electron chi connectivity index (χ4n) is 1.24. The summed E-state index contributed by atoms with van der Waals surface area (Å²) in [5, 5.41) is 5.23. The zero-order chi connectivity index (χ0) is 11.8. The lowest BCUT2D eigenvalue weighted by Crippen LogP contribution is -2.26. The fourth-order valence-corrected chi connectivity index (χ4v) is 1.24. The molecule has 2 amide bonds. The van der Waals surface area contributed by atoms with Gasteiger partial charge in [0, 0.05) is 19.5 Å². The van der Waals surface area contributed by atoms with Crippen LogP contribution in [0, 0.1) is 6.92 Å². The number of carbonyl (C=O) groups is 2. The summed E-state index contributed by atoms with van der Waals surface area (Å²) in [6.45, 7) is 2.93. The van der Waals surface area contributed by atoms with Crippen molar-refractivity contribution in [3.05, 3.63) is 35.4 Å². The second kappa shape index (κ2) is 6.61. The van der Waals surface area contributed by atoms with E-state index < -0.39 is 0 Å². The van der Waals surface area contributed by atoms with E-state index in [9.17, 15) is 9.59 Å². The Kier molecular flexibility index (Phi) is 5.05. The maximum Gasteiger partial charge on any atom is 0.222 e. The van der Waals surface area contributed by atoms with Gasteiger partial charge in [0.05, 0.1) is 0 Å². The summed E-state index contributed by atoms with van der Waals surface area (Å²) in [6.07, 6.45) is 0.901. The monoisotopic (exact) mass is 220 g/mol. The molecule has 1 aromatic carbocycles. The highest BCUT2D eigenvalue weighted by atomic mass is 16.1. The summed E-state index contributed by atoms with van der Waals surface area (Å²) in [6, 6.07) is 7.99. The second-order valence-electron chi connectivity index (χ2n) is 3.58. The molecule has 0 aliphatic carbocycles. The molecule has 0 aromatic heterocycles. The number of nitrogens with one attached hydrogen (secondary N) is 2. The maximum atomic E-state index is 11.3. The van der Waals surface area contributed by atoms with Crippen molar-refractivity contribution in [2.24, 2.45) is 0 Å². The van der Waals surface area contributed by atoms with Gasteiger partial charge in [-0.15, -0.1) is 0 Å². The summed E-state index contributed by atoms with van der Waals surface area (Å²) >= 11 is 0. The zero-order valence-electron chi connectivity index (χ0n) is 9.32. The van der Waals surface area contributed by atoms with Crippen LogP contribution in [0.1, 0.15) is 17.5 Å². The molecule has 0 bridgehead atoms. The number of aryl methyl sites for hydroxylation is 1. The SMILES string of the molecule is Cc1ccc(CNC(=O)CCNC=O)cc1. The van der Waals surface area contributed by atoms with Crippen LogP contribution in [0.2, 0.25) is 0 Å². The predicted octanol–water partition coefficient (Wildman–Crippen LogP) is 0.747. The van der Waals surface area contributed by atoms with Crippen LogP contribution in [0.3, 0.4) is 0 Å². The van der Waals surface area contributed by atoms with Gasteiger partial charge in [-0.1, -0.05) is 29.8 Å².